The van der Waals surface area contributed by atoms with Gasteiger partial charge in [0.15, 0.2) is 0 Å². The standard InChI is InChI=1S/C26H22AtN/c1-16-24(25(28-3)17(2)27)20-12-6-9-15-23(20)26(16)21-13-7-4-10-18(21)19-11-5-8-14-22(19)26/h4-15,28H,1-3H3/b25-17-. The van der Waals surface area contributed by atoms with E-state index in [9.17, 15) is 0 Å². The molecule has 0 aromatic heterocycles. The van der Waals surface area contributed by atoms with Gasteiger partial charge in [0.05, 0.1) is 0 Å². The van der Waals surface area contributed by atoms with Crippen molar-refractivity contribution in [1.29, 1.82) is 0 Å². The molecule has 2 aliphatic rings. The molecule has 138 valence electrons. The number of hydrogen-bond acceptors (Lipinski definition) is 1. The summed E-state index contributed by atoms with van der Waals surface area (Å²) in [4.78, 5) is 0. The first-order valence-electron chi connectivity index (χ1n) is 9.67. The molecule has 1 N–H and O–H groups in total. The Kier molecular flexibility index (Phi) is 4.11. The van der Waals surface area contributed by atoms with Crippen molar-refractivity contribution in [1.82, 2.24) is 5.32 Å². The number of benzene rings is 3. The maximum atomic E-state index is 3.50. The van der Waals surface area contributed by atoms with Crippen LogP contribution in [0.2, 0.25) is 0 Å². The van der Waals surface area contributed by atoms with Gasteiger partial charge in [0.1, 0.15) is 0 Å². The third-order valence-corrected chi connectivity index (χ3v) is 7.07. The summed E-state index contributed by atoms with van der Waals surface area (Å²) in [7, 11) is 2.04. The van der Waals surface area contributed by atoms with Crippen LogP contribution in [0.1, 0.15) is 36.1 Å². The average Bonchev–Trinajstić information content (AvgIpc) is 3.16. The van der Waals surface area contributed by atoms with E-state index in [2.05, 4.69) is 92.0 Å². The second kappa shape index (κ2) is 6.43. The van der Waals surface area contributed by atoms with Gasteiger partial charge in [0, 0.05) is 0 Å². The minimum atomic E-state index is -0.205. The second-order valence-electron chi connectivity index (χ2n) is 7.55. The molecule has 5 rings (SSSR count). The number of nitrogens with one attached hydrogen (secondary N) is 1. The fraction of sp³-hybridized carbons (Fsp3) is 0.154. The van der Waals surface area contributed by atoms with Crippen LogP contribution in [0.4, 0.5) is 0 Å². The van der Waals surface area contributed by atoms with Crippen LogP contribution in [0, 0.1) is 24.7 Å². The monoisotopic (exact) mass is 558 g/mol. The molecular formula is C26H22AtN. The molecule has 0 bridgehead atoms. The summed E-state index contributed by atoms with van der Waals surface area (Å²) >= 11 is 1.73. The Morgan fingerprint density at radius 1 is 0.750 bits per heavy atom. The van der Waals surface area contributed by atoms with Crippen LogP contribution in [-0.2, 0) is 5.41 Å². The number of hydrogen-bond donors (Lipinski definition) is 1. The Morgan fingerprint density at radius 2 is 1.18 bits per heavy atom. The van der Waals surface area contributed by atoms with Crippen LogP contribution in [-0.4, -0.2) is 7.05 Å². The van der Waals surface area contributed by atoms with E-state index >= 15 is 0 Å². The quantitative estimate of drug-likeness (QED) is 0.420. The van der Waals surface area contributed by atoms with Crippen LogP contribution in [0.15, 0.2) is 87.3 Å². The molecule has 0 saturated carbocycles. The third kappa shape index (κ3) is 2.10. The van der Waals surface area contributed by atoms with Gasteiger partial charge >= 0.3 is 183 Å². The van der Waals surface area contributed by atoms with Gasteiger partial charge in [0.2, 0.25) is 0 Å². The van der Waals surface area contributed by atoms with Crippen LogP contribution in [0.5, 0.6) is 0 Å². The van der Waals surface area contributed by atoms with Crippen LogP contribution < -0.4 is 5.32 Å². The van der Waals surface area contributed by atoms with Crippen molar-refractivity contribution < 1.29 is 24.7 Å². The van der Waals surface area contributed by atoms with Crippen molar-refractivity contribution >= 4 is 5.57 Å². The van der Waals surface area contributed by atoms with E-state index in [1.807, 2.05) is 7.05 Å². The molecule has 1 nitrogen and oxygen atoms in total. The molecular weight excluding hydrogens is 536 g/mol. The van der Waals surface area contributed by atoms with E-state index in [4.69, 9.17) is 0 Å². The first-order valence-corrected chi connectivity index (χ1v) is 11.1. The molecule has 0 radical (unpaired) electrons. The van der Waals surface area contributed by atoms with Crippen molar-refractivity contribution in [2.45, 2.75) is 19.3 Å². The Labute approximate surface area is 182 Å². The topological polar surface area (TPSA) is 12.0 Å². The van der Waals surface area contributed by atoms with Crippen LogP contribution in [0.3, 0.4) is 0 Å². The van der Waals surface area contributed by atoms with E-state index in [0.717, 1.165) is 0 Å². The van der Waals surface area contributed by atoms with Gasteiger partial charge in [-0.25, -0.2) is 0 Å². The normalized spacial score (nSPS) is 16.6. The fourth-order valence-corrected chi connectivity index (χ4v) is 6.08. The number of fused-ring (bicyclic) bond motifs is 7. The molecule has 2 heteroatoms. The summed E-state index contributed by atoms with van der Waals surface area (Å²) < 4.78 is 1.36. The second-order valence-corrected chi connectivity index (χ2v) is 9.75. The average molecular weight is 558 g/mol. The zero-order chi connectivity index (χ0) is 19.5. The van der Waals surface area contributed by atoms with Crippen molar-refractivity contribution in [3.8, 4) is 11.1 Å². The molecule has 3 aromatic carbocycles. The molecule has 2 aliphatic carbocycles. The number of likely N-dealkylation sites (N-methyl/N-ethyl adjacent to an activating group) is 1. The Morgan fingerprint density at radius 3 is 1.64 bits per heavy atom. The molecule has 0 heterocycles. The predicted molar refractivity (Wildman–Crippen MR) is 113 cm³/mol. The molecule has 3 aromatic rings. The molecule has 1 spiro atoms. The number of rotatable bonds is 2. The van der Waals surface area contributed by atoms with E-state index in [1.54, 1.807) is 24.7 Å². The SMILES string of the molecule is CN/C(C1=C(C)C2(c3ccccc31)c1ccccc1-c1ccccc12)=C(/C)[At]. The summed E-state index contributed by atoms with van der Waals surface area (Å²) in [5.74, 6) is 0. The van der Waals surface area contributed by atoms with Crippen molar-refractivity contribution in [3.63, 3.8) is 0 Å². The molecule has 0 atom stereocenters. The molecule has 0 aliphatic heterocycles. The van der Waals surface area contributed by atoms with Gasteiger partial charge in [-0.1, -0.05) is 0 Å². The molecule has 0 amide bonds. The Hall–Kier alpha value is -2.18. The summed E-state index contributed by atoms with van der Waals surface area (Å²) in [5.41, 5.74) is 12.1. The van der Waals surface area contributed by atoms with Crippen LogP contribution >= 0.6 is 0 Å². The Balaban J connectivity index is 1.99. The van der Waals surface area contributed by atoms with E-state index < -0.39 is 0 Å². The maximum absolute atomic E-state index is 3.50. The predicted octanol–water partition coefficient (Wildman–Crippen LogP) is 5.79. The first kappa shape index (κ1) is 17.9. The summed E-state index contributed by atoms with van der Waals surface area (Å²) in [6, 6.07) is 26.9. The molecule has 0 fully saturated rings. The molecule has 28 heavy (non-hydrogen) atoms. The zero-order valence-electron chi connectivity index (χ0n) is 16.3. The molecule has 0 saturated heterocycles. The summed E-state index contributed by atoms with van der Waals surface area (Å²) in [6.07, 6.45) is 0. The Bertz CT molecular complexity index is 1130. The van der Waals surface area contributed by atoms with E-state index in [0.29, 0.717) is 0 Å². The van der Waals surface area contributed by atoms with Crippen molar-refractivity contribution in [2.24, 2.45) is 0 Å². The van der Waals surface area contributed by atoms with Gasteiger partial charge in [-0.3, -0.25) is 0 Å². The first-order chi connectivity index (χ1) is 13.6. The zero-order valence-corrected chi connectivity index (χ0v) is 19.2. The minimum absolute atomic E-state index is 0.205. The van der Waals surface area contributed by atoms with Gasteiger partial charge in [-0.15, -0.1) is 0 Å². The molecule has 0 unspecified atom stereocenters. The van der Waals surface area contributed by atoms with Gasteiger partial charge in [-0.05, 0) is 0 Å². The van der Waals surface area contributed by atoms with Crippen molar-refractivity contribution in [3.05, 3.63) is 110 Å². The van der Waals surface area contributed by atoms with Crippen molar-refractivity contribution in [2.75, 3.05) is 7.05 Å². The third-order valence-electron chi connectivity index (χ3n) is 6.33. The van der Waals surface area contributed by atoms with Gasteiger partial charge < -0.3 is 0 Å². The van der Waals surface area contributed by atoms with Gasteiger partial charge in [-0.2, -0.15) is 0 Å². The van der Waals surface area contributed by atoms with Crippen LogP contribution in [0.25, 0.3) is 16.7 Å². The number of allylic oxidation sites excluding steroid dienone is 3. The summed E-state index contributed by atoms with van der Waals surface area (Å²) in [6.45, 7) is 4.55. The van der Waals surface area contributed by atoms with E-state index in [1.165, 1.54) is 53.5 Å². The fourth-order valence-electron chi connectivity index (χ4n) is 5.34. The van der Waals surface area contributed by atoms with E-state index in [-0.39, 0.29) is 5.41 Å². The summed E-state index contributed by atoms with van der Waals surface area (Å²) in [5, 5.41) is 3.50. The van der Waals surface area contributed by atoms with Gasteiger partial charge in [0.25, 0.3) is 0 Å².